The molecule has 0 aliphatic heterocycles. The summed E-state index contributed by atoms with van der Waals surface area (Å²) in [7, 11) is 0. The van der Waals surface area contributed by atoms with E-state index in [1.165, 1.54) is 17.0 Å². The molecule has 3 aromatic rings. The second-order valence-electron chi connectivity index (χ2n) is 5.64. The van der Waals surface area contributed by atoms with Crippen LogP contribution in [0.15, 0.2) is 24.3 Å². The molecule has 4 rings (SSSR count). The number of rotatable bonds is 4. The van der Waals surface area contributed by atoms with E-state index in [1.54, 1.807) is 11.3 Å². The molecule has 0 unspecified atom stereocenters. The molecule has 0 bridgehead atoms. The molecule has 0 atom stereocenters. The normalized spacial score (nSPS) is 13.2. The number of thiazole rings is 1. The van der Waals surface area contributed by atoms with E-state index in [9.17, 15) is 5.26 Å². The fourth-order valence-electron chi connectivity index (χ4n) is 3.28. The Kier molecular flexibility index (Phi) is 3.55. The molecule has 4 nitrogen and oxygen atoms in total. The molecule has 0 saturated carbocycles. The summed E-state index contributed by atoms with van der Waals surface area (Å²) in [5.74, 6) is 0.861. The number of aromatic nitrogens is 2. The Balaban J connectivity index is 1.84. The lowest BCUT2D eigenvalue weighted by Crippen LogP contribution is -1.97. The van der Waals surface area contributed by atoms with Crippen molar-refractivity contribution < 1.29 is 4.74 Å². The second-order valence-corrected chi connectivity index (χ2v) is 6.70. The lowest BCUT2D eigenvalue weighted by Gasteiger charge is -2.05. The van der Waals surface area contributed by atoms with Crippen LogP contribution >= 0.6 is 11.3 Å². The van der Waals surface area contributed by atoms with E-state index in [0.717, 1.165) is 40.5 Å². The van der Waals surface area contributed by atoms with Crippen molar-refractivity contribution >= 4 is 16.3 Å². The lowest BCUT2D eigenvalue weighted by molar-refractivity contribution is 0.340. The highest BCUT2D eigenvalue weighted by Crippen LogP contribution is 2.36. The van der Waals surface area contributed by atoms with E-state index in [2.05, 4.69) is 10.5 Å². The first kappa shape index (κ1) is 14.3. The SMILES string of the molecule is CCOc1ccc(-c2nc3sc4c(n3c2CC#N)CCC4)cc1. The van der Waals surface area contributed by atoms with E-state index >= 15 is 0 Å². The largest absolute Gasteiger partial charge is 0.494 e. The molecule has 1 aliphatic rings. The summed E-state index contributed by atoms with van der Waals surface area (Å²) in [5.41, 5.74) is 4.35. The zero-order chi connectivity index (χ0) is 15.8. The Labute approximate surface area is 139 Å². The number of nitrogens with zero attached hydrogens (tertiary/aromatic N) is 3. The van der Waals surface area contributed by atoms with Crippen LogP contribution < -0.4 is 4.74 Å². The lowest BCUT2D eigenvalue weighted by atomic mass is 10.1. The van der Waals surface area contributed by atoms with Gasteiger partial charge in [-0.05, 0) is 50.5 Å². The van der Waals surface area contributed by atoms with Gasteiger partial charge in [0.2, 0.25) is 0 Å². The highest BCUT2D eigenvalue weighted by molar-refractivity contribution is 7.17. The van der Waals surface area contributed by atoms with E-state index in [4.69, 9.17) is 9.72 Å². The zero-order valence-electron chi connectivity index (χ0n) is 13.0. The van der Waals surface area contributed by atoms with Gasteiger partial charge >= 0.3 is 0 Å². The molecule has 0 N–H and O–H groups in total. The van der Waals surface area contributed by atoms with Gasteiger partial charge in [0.15, 0.2) is 4.96 Å². The van der Waals surface area contributed by atoms with Crippen molar-refractivity contribution in [3.05, 3.63) is 40.5 Å². The van der Waals surface area contributed by atoms with Crippen molar-refractivity contribution in [2.24, 2.45) is 0 Å². The van der Waals surface area contributed by atoms with Crippen LogP contribution in [0.5, 0.6) is 5.75 Å². The van der Waals surface area contributed by atoms with Crippen molar-refractivity contribution in [2.45, 2.75) is 32.6 Å². The highest BCUT2D eigenvalue weighted by Gasteiger charge is 2.24. The Bertz CT molecular complexity index is 899. The maximum atomic E-state index is 9.26. The van der Waals surface area contributed by atoms with Gasteiger partial charge < -0.3 is 4.74 Å². The van der Waals surface area contributed by atoms with Crippen LogP contribution in [0, 0.1) is 11.3 Å². The third kappa shape index (κ3) is 2.30. The van der Waals surface area contributed by atoms with Crippen LogP contribution in [0.25, 0.3) is 16.2 Å². The maximum absolute atomic E-state index is 9.26. The van der Waals surface area contributed by atoms with Crippen LogP contribution in [0.1, 0.15) is 29.6 Å². The van der Waals surface area contributed by atoms with Gasteiger partial charge in [-0.25, -0.2) is 4.98 Å². The summed E-state index contributed by atoms with van der Waals surface area (Å²) < 4.78 is 7.73. The van der Waals surface area contributed by atoms with Crippen LogP contribution in [-0.4, -0.2) is 16.0 Å². The first-order valence-electron chi connectivity index (χ1n) is 7.94. The van der Waals surface area contributed by atoms with Crippen molar-refractivity contribution in [2.75, 3.05) is 6.61 Å². The average Bonchev–Trinajstić information content (AvgIpc) is 3.21. The molecule has 116 valence electrons. The Hall–Kier alpha value is -2.32. The topological polar surface area (TPSA) is 50.3 Å². The van der Waals surface area contributed by atoms with Gasteiger partial charge in [-0.15, -0.1) is 11.3 Å². The Morgan fingerprint density at radius 3 is 2.87 bits per heavy atom. The number of aryl methyl sites for hydroxylation is 2. The monoisotopic (exact) mass is 323 g/mol. The van der Waals surface area contributed by atoms with Crippen molar-refractivity contribution in [3.63, 3.8) is 0 Å². The molecular formula is C18H17N3OS. The summed E-state index contributed by atoms with van der Waals surface area (Å²) in [5, 5.41) is 9.26. The fraction of sp³-hybridized carbons (Fsp3) is 0.333. The molecule has 0 fully saturated rings. The molecule has 0 radical (unpaired) electrons. The standard InChI is InChI=1S/C18H17N3OS/c1-2-22-13-8-6-12(7-9-13)17-15(10-11-19)21-14-4-3-5-16(14)23-18(21)20-17/h6-9H,2-5,10H2,1H3. The molecule has 23 heavy (non-hydrogen) atoms. The van der Waals surface area contributed by atoms with Gasteiger partial charge in [-0.3, -0.25) is 4.40 Å². The zero-order valence-corrected chi connectivity index (χ0v) is 13.8. The van der Waals surface area contributed by atoms with E-state index < -0.39 is 0 Å². The van der Waals surface area contributed by atoms with Crippen LogP contribution in [0.2, 0.25) is 0 Å². The predicted octanol–water partition coefficient (Wildman–Crippen LogP) is 4.02. The predicted molar refractivity (Wildman–Crippen MR) is 91.0 cm³/mol. The molecule has 1 aliphatic carbocycles. The van der Waals surface area contributed by atoms with Gasteiger partial charge in [0.05, 0.1) is 30.5 Å². The summed E-state index contributed by atoms with van der Waals surface area (Å²) in [6, 6.07) is 10.3. The number of fused-ring (bicyclic) bond motifs is 3. The number of hydrogen-bond acceptors (Lipinski definition) is 4. The third-order valence-electron chi connectivity index (χ3n) is 4.25. The first-order valence-corrected chi connectivity index (χ1v) is 8.75. The van der Waals surface area contributed by atoms with E-state index in [-0.39, 0.29) is 0 Å². The number of ether oxygens (including phenoxy) is 1. The summed E-state index contributed by atoms with van der Waals surface area (Å²) >= 11 is 1.77. The molecular weight excluding hydrogens is 306 g/mol. The van der Waals surface area contributed by atoms with Gasteiger partial charge in [0.25, 0.3) is 0 Å². The summed E-state index contributed by atoms with van der Waals surface area (Å²) in [6.45, 7) is 2.63. The Morgan fingerprint density at radius 2 is 2.13 bits per heavy atom. The number of imidazole rings is 1. The fourth-order valence-corrected chi connectivity index (χ4v) is 4.51. The quantitative estimate of drug-likeness (QED) is 0.729. The van der Waals surface area contributed by atoms with Gasteiger partial charge in [-0.2, -0.15) is 5.26 Å². The van der Waals surface area contributed by atoms with Gasteiger partial charge in [0.1, 0.15) is 5.75 Å². The molecule has 1 aromatic carbocycles. The second kappa shape index (κ2) is 5.71. The van der Waals surface area contributed by atoms with Crippen molar-refractivity contribution in [1.82, 2.24) is 9.38 Å². The van der Waals surface area contributed by atoms with Crippen LogP contribution in [0.3, 0.4) is 0 Å². The molecule has 0 saturated heterocycles. The smallest absolute Gasteiger partial charge is 0.194 e. The molecule has 2 aromatic heterocycles. The maximum Gasteiger partial charge on any atom is 0.194 e. The molecule has 2 heterocycles. The summed E-state index contributed by atoms with van der Waals surface area (Å²) in [6.07, 6.45) is 3.83. The summed E-state index contributed by atoms with van der Waals surface area (Å²) in [4.78, 5) is 7.28. The minimum absolute atomic E-state index is 0.382. The van der Waals surface area contributed by atoms with Crippen LogP contribution in [-0.2, 0) is 19.3 Å². The molecule has 5 heteroatoms. The average molecular weight is 323 g/mol. The van der Waals surface area contributed by atoms with Gasteiger partial charge in [-0.1, -0.05) is 0 Å². The molecule has 0 spiro atoms. The minimum Gasteiger partial charge on any atom is -0.494 e. The number of nitriles is 1. The minimum atomic E-state index is 0.382. The van der Waals surface area contributed by atoms with Crippen LogP contribution in [0.4, 0.5) is 0 Å². The Morgan fingerprint density at radius 1 is 1.30 bits per heavy atom. The van der Waals surface area contributed by atoms with Crippen molar-refractivity contribution in [3.8, 4) is 23.1 Å². The third-order valence-corrected chi connectivity index (χ3v) is 5.39. The number of benzene rings is 1. The van der Waals surface area contributed by atoms with E-state index in [1.807, 2.05) is 31.2 Å². The number of hydrogen-bond donors (Lipinski definition) is 0. The highest BCUT2D eigenvalue weighted by atomic mass is 32.1. The van der Waals surface area contributed by atoms with Crippen molar-refractivity contribution in [1.29, 1.82) is 5.26 Å². The van der Waals surface area contributed by atoms with E-state index in [0.29, 0.717) is 13.0 Å². The van der Waals surface area contributed by atoms with Gasteiger partial charge in [0, 0.05) is 16.1 Å². The first-order chi connectivity index (χ1) is 11.3. The molecule has 0 amide bonds.